The van der Waals surface area contributed by atoms with Gasteiger partial charge < -0.3 is 5.32 Å². The van der Waals surface area contributed by atoms with Gasteiger partial charge in [0.2, 0.25) is 5.82 Å². The van der Waals surface area contributed by atoms with Crippen molar-refractivity contribution in [1.82, 2.24) is 10.3 Å². The molecule has 0 fully saturated rings. The highest BCUT2D eigenvalue weighted by atomic mass is 35.5. The molecule has 2 rings (SSSR count). The first kappa shape index (κ1) is 18.7. The maximum Gasteiger partial charge on any atom is 0.258 e. The molecule has 0 aliphatic carbocycles. The number of anilines is 1. The topological polar surface area (TPSA) is 97.5 Å². The molecule has 0 saturated carbocycles. The van der Waals surface area contributed by atoms with Gasteiger partial charge in [-0.3, -0.25) is 4.79 Å². The van der Waals surface area contributed by atoms with Crippen molar-refractivity contribution in [2.24, 2.45) is 4.36 Å². The van der Waals surface area contributed by atoms with Gasteiger partial charge in [-0.15, -0.1) is 0 Å². The van der Waals surface area contributed by atoms with Crippen LogP contribution in [0.5, 0.6) is 0 Å². The fraction of sp³-hybridized carbons (Fsp3) is 0.357. The van der Waals surface area contributed by atoms with Crippen molar-refractivity contribution in [1.29, 1.82) is 0 Å². The average Bonchev–Trinajstić information content (AvgIpc) is 2.96. The Kier molecular flexibility index (Phi) is 5.84. The fourth-order valence-corrected chi connectivity index (χ4v) is 3.65. The van der Waals surface area contributed by atoms with Gasteiger partial charge in [-0.05, 0) is 24.2 Å². The Morgan fingerprint density at radius 1 is 1.29 bits per heavy atom. The number of nitrogens with zero attached hydrogens (tertiary/aromatic N) is 3. The second-order valence-corrected chi connectivity index (χ2v) is 8.52. The van der Waals surface area contributed by atoms with Gasteiger partial charge in [-0.1, -0.05) is 42.2 Å². The third-order valence-corrected chi connectivity index (χ3v) is 6.36. The number of aryl methyl sites for hydroxylation is 1. The number of carbonyl (C=O) groups is 1. The molecule has 0 spiro atoms. The van der Waals surface area contributed by atoms with Crippen LogP contribution >= 0.6 is 23.2 Å². The van der Waals surface area contributed by atoms with Crippen molar-refractivity contribution >= 4 is 50.3 Å². The maximum absolute atomic E-state index is 12.6. The largest absolute Gasteiger partial charge is 0.302 e. The van der Waals surface area contributed by atoms with Gasteiger partial charge >= 0.3 is 0 Å². The summed E-state index contributed by atoms with van der Waals surface area (Å²) in [6, 6.07) is 2.95. The molecule has 1 N–H and O–H groups in total. The molecule has 0 aliphatic heterocycles. The molecule has 130 valence electrons. The number of carbonyl (C=O) groups excluding carboxylic acids is 1. The summed E-state index contributed by atoms with van der Waals surface area (Å²) in [6.45, 7) is 5.18. The van der Waals surface area contributed by atoms with Crippen LogP contribution in [0.3, 0.4) is 0 Å². The van der Waals surface area contributed by atoms with E-state index in [0.29, 0.717) is 17.2 Å². The lowest BCUT2D eigenvalue weighted by Gasteiger charge is -2.10. The van der Waals surface area contributed by atoms with E-state index >= 15 is 0 Å². The summed E-state index contributed by atoms with van der Waals surface area (Å²) < 4.78 is 21.3. The number of aromatic nitrogens is 2. The summed E-state index contributed by atoms with van der Waals surface area (Å²) in [5.41, 5.74) is 0.712. The summed E-state index contributed by atoms with van der Waals surface area (Å²) >= 11 is 12.4. The molecule has 1 aromatic carbocycles. The van der Waals surface area contributed by atoms with Crippen LogP contribution in [0.2, 0.25) is 10.0 Å². The van der Waals surface area contributed by atoms with Crippen LogP contribution in [-0.2, 0) is 9.73 Å². The quantitative estimate of drug-likeness (QED) is 0.828. The van der Waals surface area contributed by atoms with Gasteiger partial charge in [0.25, 0.3) is 5.91 Å². The van der Waals surface area contributed by atoms with E-state index in [0.717, 1.165) is 0 Å². The van der Waals surface area contributed by atoms with E-state index in [1.807, 2.05) is 0 Å². The van der Waals surface area contributed by atoms with Crippen molar-refractivity contribution in [2.75, 3.05) is 16.8 Å². The summed E-state index contributed by atoms with van der Waals surface area (Å²) in [5, 5.41) is 9.95. The minimum absolute atomic E-state index is 0.0312. The Morgan fingerprint density at radius 3 is 2.50 bits per heavy atom. The van der Waals surface area contributed by atoms with Gasteiger partial charge in [0.1, 0.15) is 11.4 Å². The van der Waals surface area contributed by atoms with Crippen LogP contribution in [0, 0.1) is 6.92 Å². The van der Waals surface area contributed by atoms with Gasteiger partial charge in [0.05, 0.1) is 25.3 Å². The van der Waals surface area contributed by atoms with E-state index in [2.05, 4.69) is 24.6 Å². The van der Waals surface area contributed by atoms with Crippen LogP contribution in [0.4, 0.5) is 11.5 Å². The predicted octanol–water partition coefficient (Wildman–Crippen LogP) is 4.08. The zero-order chi connectivity index (χ0) is 17.9. The third-order valence-electron chi connectivity index (χ3n) is 3.36. The SMILES string of the molecule is CCS(=O)(CC)=Nc1c(Cl)ccc(C(=O)Nc2nonc2C)c1Cl. The second kappa shape index (κ2) is 7.50. The van der Waals surface area contributed by atoms with Gasteiger partial charge in [-0.25, -0.2) is 8.84 Å². The minimum Gasteiger partial charge on any atom is -0.302 e. The van der Waals surface area contributed by atoms with Crippen molar-refractivity contribution in [2.45, 2.75) is 20.8 Å². The van der Waals surface area contributed by atoms with E-state index in [-0.39, 0.29) is 27.1 Å². The van der Waals surface area contributed by atoms with Crippen molar-refractivity contribution in [3.63, 3.8) is 0 Å². The Morgan fingerprint density at radius 2 is 1.96 bits per heavy atom. The maximum atomic E-state index is 12.6. The molecule has 1 aromatic heterocycles. The van der Waals surface area contributed by atoms with E-state index < -0.39 is 15.6 Å². The predicted molar refractivity (Wildman–Crippen MR) is 94.8 cm³/mol. The Balaban J connectivity index is 2.47. The summed E-state index contributed by atoms with van der Waals surface area (Å²) in [5.74, 6) is 0.383. The van der Waals surface area contributed by atoms with Crippen LogP contribution in [0.15, 0.2) is 21.1 Å². The first-order valence-electron chi connectivity index (χ1n) is 7.12. The summed E-state index contributed by atoms with van der Waals surface area (Å²) in [6.07, 6.45) is 0. The molecule has 2 aromatic rings. The molecular weight excluding hydrogens is 375 g/mol. The van der Waals surface area contributed by atoms with E-state index in [4.69, 9.17) is 23.2 Å². The van der Waals surface area contributed by atoms with Gasteiger partial charge in [-0.2, -0.15) is 4.36 Å². The van der Waals surface area contributed by atoms with E-state index in [1.54, 1.807) is 20.8 Å². The lowest BCUT2D eigenvalue weighted by molar-refractivity contribution is 0.102. The standard InChI is InChI=1S/C14H16Cl2N4O3S/c1-4-24(22,5-2)20-12-10(15)7-6-9(11(12)16)14(21)17-13-8(3)18-23-19-13/h6-7H,4-5H2,1-3H3,(H,17,19,21). The molecular formula is C14H16Cl2N4O3S. The van der Waals surface area contributed by atoms with E-state index in [1.165, 1.54) is 12.1 Å². The van der Waals surface area contributed by atoms with Gasteiger partial charge in [0, 0.05) is 11.5 Å². The van der Waals surface area contributed by atoms with Crippen LogP contribution < -0.4 is 5.32 Å². The Bertz CT molecular complexity index is 878. The highest BCUT2D eigenvalue weighted by Gasteiger charge is 2.19. The number of rotatable bonds is 5. The number of hydrogen-bond acceptors (Lipinski definition) is 6. The molecule has 0 unspecified atom stereocenters. The molecule has 1 heterocycles. The molecule has 0 aliphatic rings. The smallest absolute Gasteiger partial charge is 0.258 e. The molecule has 0 bridgehead atoms. The van der Waals surface area contributed by atoms with Crippen molar-refractivity contribution in [3.05, 3.63) is 33.4 Å². The van der Waals surface area contributed by atoms with E-state index in [9.17, 15) is 9.00 Å². The van der Waals surface area contributed by atoms with Crippen LogP contribution in [-0.4, -0.2) is 31.9 Å². The summed E-state index contributed by atoms with van der Waals surface area (Å²) in [7, 11) is -2.47. The van der Waals surface area contributed by atoms with Crippen LogP contribution in [0.1, 0.15) is 29.9 Å². The van der Waals surface area contributed by atoms with Crippen molar-refractivity contribution in [3.8, 4) is 0 Å². The normalized spacial score (nSPS) is 11.4. The highest BCUT2D eigenvalue weighted by molar-refractivity contribution is 7.93. The highest BCUT2D eigenvalue weighted by Crippen LogP contribution is 2.37. The Labute approximate surface area is 149 Å². The number of halogens is 2. The molecule has 7 nitrogen and oxygen atoms in total. The Hall–Kier alpha value is -1.64. The zero-order valence-corrected chi connectivity index (χ0v) is 15.6. The molecule has 24 heavy (non-hydrogen) atoms. The number of hydrogen-bond donors (Lipinski definition) is 1. The first-order chi connectivity index (χ1) is 11.3. The number of benzene rings is 1. The molecule has 0 saturated heterocycles. The first-order valence-corrected chi connectivity index (χ1v) is 9.73. The van der Waals surface area contributed by atoms with Crippen molar-refractivity contribution < 1.29 is 13.6 Å². The molecule has 0 atom stereocenters. The molecule has 10 heteroatoms. The second-order valence-electron chi connectivity index (χ2n) is 4.85. The fourth-order valence-electron chi connectivity index (χ4n) is 1.82. The van der Waals surface area contributed by atoms with Crippen LogP contribution in [0.25, 0.3) is 0 Å². The average molecular weight is 391 g/mol. The number of nitrogens with one attached hydrogen (secondary N) is 1. The minimum atomic E-state index is -2.47. The van der Waals surface area contributed by atoms with Gasteiger partial charge in [0.15, 0.2) is 0 Å². The third kappa shape index (κ3) is 3.88. The number of amides is 1. The lowest BCUT2D eigenvalue weighted by atomic mass is 10.2. The lowest BCUT2D eigenvalue weighted by Crippen LogP contribution is -2.13. The monoisotopic (exact) mass is 390 g/mol. The molecule has 0 radical (unpaired) electrons. The molecule has 1 amide bonds. The zero-order valence-electron chi connectivity index (χ0n) is 13.3. The summed E-state index contributed by atoms with van der Waals surface area (Å²) in [4.78, 5) is 12.4.